The molecule has 3 nitrogen and oxygen atoms in total. The van der Waals surface area contributed by atoms with Gasteiger partial charge in [0.1, 0.15) is 5.82 Å². The number of nitriles is 1. The lowest BCUT2D eigenvalue weighted by atomic mass is 10.3. The first-order valence-corrected chi connectivity index (χ1v) is 2.91. The Morgan fingerprint density at radius 1 is 1.70 bits per heavy atom. The quantitative estimate of drug-likeness (QED) is 0.463. The maximum atomic E-state index is 8.24. The summed E-state index contributed by atoms with van der Waals surface area (Å²) in [5.74, 6) is 0.630. The molecule has 0 radical (unpaired) electrons. The normalized spacial score (nSPS) is 8.40. The Kier molecular flexibility index (Phi) is 1.86. The van der Waals surface area contributed by atoms with Crippen LogP contribution in [0.2, 0.25) is 0 Å². The van der Waals surface area contributed by atoms with Crippen molar-refractivity contribution in [2.75, 3.05) is 5.32 Å². The van der Waals surface area contributed by atoms with Crippen LogP contribution in [0.3, 0.4) is 0 Å². The molecule has 1 rings (SSSR count). The highest BCUT2D eigenvalue weighted by atomic mass is 15.0. The summed E-state index contributed by atoms with van der Waals surface area (Å²) < 4.78 is 0. The molecule has 1 heterocycles. The lowest BCUT2D eigenvalue weighted by Crippen LogP contribution is -1.92. The number of hydrogen-bond acceptors (Lipinski definition) is 3. The van der Waals surface area contributed by atoms with Crippen LogP contribution >= 0.6 is 0 Å². The third-order valence-electron chi connectivity index (χ3n) is 1.18. The number of pyridine rings is 1. The lowest BCUT2D eigenvalue weighted by molar-refractivity contribution is 1.25. The van der Waals surface area contributed by atoms with Gasteiger partial charge < -0.3 is 0 Å². The summed E-state index contributed by atoms with van der Waals surface area (Å²) in [4.78, 5) is 3.93. The van der Waals surface area contributed by atoms with Crippen LogP contribution in [-0.2, 0) is 0 Å². The zero-order chi connectivity index (χ0) is 7.40. The molecule has 0 unspecified atom stereocenters. The van der Waals surface area contributed by atoms with Gasteiger partial charge in [0.2, 0.25) is 0 Å². The van der Waals surface area contributed by atoms with Crippen LogP contribution in [0, 0.1) is 18.4 Å². The molecule has 0 saturated carbocycles. The summed E-state index contributed by atoms with van der Waals surface area (Å²) in [6.07, 6.45) is 3.46. The molecule has 1 aromatic rings. The molecule has 0 aliphatic heterocycles. The van der Waals surface area contributed by atoms with Gasteiger partial charge in [-0.15, -0.1) is 0 Å². The minimum absolute atomic E-state index is 0.630. The second-order valence-corrected chi connectivity index (χ2v) is 1.91. The van der Waals surface area contributed by atoms with Crippen molar-refractivity contribution >= 4 is 5.82 Å². The second-order valence-electron chi connectivity index (χ2n) is 1.91. The summed E-state index contributed by atoms with van der Waals surface area (Å²) >= 11 is 0. The molecule has 1 aromatic heterocycles. The number of aromatic nitrogens is 1. The fourth-order valence-electron chi connectivity index (χ4n) is 0.670. The van der Waals surface area contributed by atoms with E-state index in [1.54, 1.807) is 6.20 Å². The first kappa shape index (κ1) is 6.56. The number of aryl methyl sites for hydroxylation is 1. The zero-order valence-electron chi connectivity index (χ0n) is 5.63. The van der Waals surface area contributed by atoms with Crippen LogP contribution in [0.15, 0.2) is 18.3 Å². The minimum atomic E-state index is 0.630. The Morgan fingerprint density at radius 2 is 2.50 bits per heavy atom. The van der Waals surface area contributed by atoms with Crippen molar-refractivity contribution in [3.63, 3.8) is 0 Å². The molecule has 0 amide bonds. The molecule has 0 bridgehead atoms. The van der Waals surface area contributed by atoms with Crippen molar-refractivity contribution < 1.29 is 0 Å². The van der Waals surface area contributed by atoms with Crippen molar-refractivity contribution in [3.8, 4) is 6.19 Å². The third kappa shape index (κ3) is 1.23. The number of hydrogen-bond donors (Lipinski definition) is 1. The van der Waals surface area contributed by atoms with Crippen molar-refractivity contribution in [3.05, 3.63) is 23.9 Å². The maximum Gasteiger partial charge on any atom is 0.182 e. The molecule has 0 aliphatic rings. The largest absolute Gasteiger partial charge is 0.277 e. The van der Waals surface area contributed by atoms with Crippen molar-refractivity contribution in [1.29, 1.82) is 5.26 Å². The molecule has 0 saturated heterocycles. The van der Waals surface area contributed by atoms with E-state index in [1.165, 1.54) is 0 Å². The lowest BCUT2D eigenvalue weighted by Gasteiger charge is -1.97. The first-order valence-electron chi connectivity index (χ1n) is 2.91. The van der Waals surface area contributed by atoms with Gasteiger partial charge in [0.25, 0.3) is 0 Å². The van der Waals surface area contributed by atoms with E-state index in [1.807, 2.05) is 25.2 Å². The molecule has 3 heteroatoms. The van der Waals surface area contributed by atoms with Gasteiger partial charge in [0, 0.05) is 6.20 Å². The van der Waals surface area contributed by atoms with E-state index in [-0.39, 0.29) is 0 Å². The highest BCUT2D eigenvalue weighted by molar-refractivity contribution is 5.45. The van der Waals surface area contributed by atoms with Gasteiger partial charge in [0.15, 0.2) is 6.19 Å². The minimum Gasteiger partial charge on any atom is -0.277 e. The van der Waals surface area contributed by atoms with E-state index in [0.29, 0.717) is 5.82 Å². The van der Waals surface area contributed by atoms with Crippen LogP contribution in [0.1, 0.15) is 5.56 Å². The van der Waals surface area contributed by atoms with Gasteiger partial charge in [-0.3, -0.25) is 5.32 Å². The fourth-order valence-corrected chi connectivity index (χ4v) is 0.670. The predicted octanol–water partition coefficient (Wildman–Crippen LogP) is 1.28. The predicted molar refractivity (Wildman–Crippen MR) is 38.2 cm³/mol. The maximum absolute atomic E-state index is 8.24. The van der Waals surface area contributed by atoms with Crippen molar-refractivity contribution in [2.24, 2.45) is 0 Å². The Labute approximate surface area is 59.3 Å². The van der Waals surface area contributed by atoms with Crippen molar-refractivity contribution in [2.45, 2.75) is 6.92 Å². The van der Waals surface area contributed by atoms with Crippen LogP contribution < -0.4 is 5.32 Å². The van der Waals surface area contributed by atoms with Crippen molar-refractivity contribution in [1.82, 2.24) is 4.98 Å². The first-order chi connectivity index (χ1) is 4.84. The molecular formula is C7H7N3. The van der Waals surface area contributed by atoms with Crippen LogP contribution in [0.25, 0.3) is 0 Å². The fraction of sp³-hybridized carbons (Fsp3) is 0.143. The summed E-state index contributed by atoms with van der Waals surface area (Å²) in [6.45, 7) is 1.90. The third-order valence-corrected chi connectivity index (χ3v) is 1.18. The molecule has 0 fully saturated rings. The van der Waals surface area contributed by atoms with Gasteiger partial charge in [-0.25, -0.2) is 4.98 Å². The van der Waals surface area contributed by atoms with E-state index in [2.05, 4.69) is 10.3 Å². The Bertz CT molecular complexity index is 262. The van der Waals surface area contributed by atoms with Crippen LogP contribution in [-0.4, -0.2) is 4.98 Å². The molecular weight excluding hydrogens is 126 g/mol. The van der Waals surface area contributed by atoms with Gasteiger partial charge in [-0.2, -0.15) is 5.26 Å². The smallest absolute Gasteiger partial charge is 0.182 e. The molecule has 50 valence electrons. The summed E-state index contributed by atoms with van der Waals surface area (Å²) in [6, 6.07) is 3.73. The average molecular weight is 133 g/mol. The number of anilines is 1. The van der Waals surface area contributed by atoms with E-state index < -0.39 is 0 Å². The molecule has 0 aromatic carbocycles. The standard InChI is InChI=1S/C7H7N3/c1-6-3-2-4-9-7(6)10-5-8/h2-4H,1H3,(H,9,10). The van der Waals surface area contributed by atoms with Gasteiger partial charge in [0.05, 0.1) is 0 Å². The molecule has 1 N–H and O–H groups in total. The van der Waals surface area contributed by atoms with E-state index >= 15 is 0 Å². The van der Waals surface area contributed by atoms with Gasteiger partial charge in [-0.05, 0) is 18.6 Å². The highest BCUT2D eigenvalue weighted by Gasteiger charge is 1.93. The van der Waals surface area contributed by atoms with Crippen LogP contribution in [0.5, 0.6) is 0 Å². The highest BCUT2D eigenvalue weighted by Crippen LogP contribution is 2.07. The Hall–Kier alpha value is -1.56. The molecule has 0 spiro atoms. The Morgan fingerprint density at radius 3 is 3.10 bits per heavy atom. The number of rotatable bonds is 1. The zero-order valence-corrected chi connectivity index (χ0v) is 5.63. The summed E-state index contributed by atoms with van der Waals surface area (Å²) in [7, 11) is 0. The molecule has 0 atom stereocenters. The molecule has 0 aliphatic carbocycles. The molecule has 10 heavy (non-hydrogen) atoms. The average Bonchev–Trinajstić information content (AvgIpc) is 1.94. The van der Waals surface area contributed by atoms with E-state index in [0.717, 1.165) is 5.56 Å². The Balaban J connectivity index is 2.94. The number of nitrogens with one attached hydrogen (secondary N) is 1. The van der Waals surface area contributed by atoms with E-state index in [4.69, 9.17) is 5.26 Å². The van der Waals surface area contributed by atoms with E-state index in [9.17, 15) is 0 Å². The topological polar surface area (TPSA) is 48.7 Å². The SMILES string of the molecule is Cc1cccnc1NC#N. The van der Waals surface area contributed by atoms with Crippen LogP contribution in [0.4, 0.5) is 5.82 Å². The second kappa shape index (κ2) is 2.83. The van der Waals surface area contributed by atoms with Gasteiger partial charge in [-0.1, -0.05) is 6.07 Å². The summed E-state index contributed by atoms with van der Waals surface area (Å²) in [5.41, 5.74) is 0.976. The van der Waals surface area contributed by atoms with Gasteiger partial charge >= 0.3 is 0 Å². The monoisotopic (exact) mass is 133 g/mol. The number of nitrogens with zero attached hydrogens (tertiary/aromatic N) is 2. The summed E-state index contributed by atoms with van der Waals surface area (Å²) in [5, 5.41) is 10.7.